The van der Waals surface area contributed by atoms with Crippen molar-refractivity contribution in [3.8, 4) is 22.6 Å². The zero-order valence-electron chi connectivity index (χ0n) is 20.3. The number of ether oxygens (including phenoxy) is 2. The summed E-state index contributed by atoms with van der Waals surface area (Å²) in [5.74, 6) is -2.50. The standard InChI is InChI=1S/C29H20F5NO4/c1-38-28(37)18-4-2-17(3-5-18)16-35-27(36)25-14-19(20-12-21(29(32,33)34)15-23(31)13-20)6-11-26(25)39-24-9-7-22(30)8-10-24/h2-15H,16H2,1H3,(H,35,36). The summed E-state index contributed by atoms with van der Waals surface area (Å²) in [6, 6.07) is 17.4. The van der Waals surface area contributed by atoms with Gasteiger partial charge in [0.1, 0.15) is 23.1 Å². The Morgan fingerprint density at radius 2 is 1.49 bits per heavy atom. The third kappa shape index (κ3) is 6.78. The molecule has 0 aliphatic carbocycles. The lowest BCUT2D eigenvalue weighted by atomic mass is 9.99. The van der Waals surface area contributed by atoms with Crippen molar-refractivity contribution in [3.63, 3.8) is 0 Å². The van der Waals surface area contributed by atoms with E-state index in [0.717, 1.165) is 24.3 Å². The van der Waals surface area contributed by atoms with Gasteiger partial charge in [-0.1, -0.05) is 18.2 Å². The van der Waals surface area contributed by atoms with Crippen LogP contribution in [0.3, 0.4) is 0 Å². The van der Waals surface area contributed by atoms with Gasteiger partial charge in [0.2, 0.25) is 0 Å². The Kier molecular flexibility index (Phi) is 7.94. The molecule has 0 saturated heterocycles. The summed E-state index contributed by atoms with van der Waals surface area (Å²) < 4.78 is 77.5. The van der Waals surface area contributed by atoms with E-state index in [2.05, 4.69) is 10.1 Å². The molecular formula is C29H20F5NO4. The number of benzene rings is 4. The molecule has 1 N–H and O–H groups in total. The number of carbonyl (C=O) groups excluding carboxylic acids is 2. The molecule has 0 aromatic heterocycles. The molecule has 39 heavy (non-hydrogen) atoms. The highest BCUT2D eigenvalue weighted by Crippen LogP contribution is 2.35. The monoisotopic (exact) mass is 541 g/mol. The Balaban J connectivity index is 1.66. The van der Waals surface area contributed by atoms with E-state index in [4.69, 9.17) is 4.74 Å². The summed E-state index contributed by atoms with van der Waals surface area (Å²) in [5.41, 5.74) is -0.217. The second kappa shape index (κ2) is 11.3. The fraction of sp³-hybridized carbons (Fsp3) is 0.103. The van der Waals surface area contributed by atoms with Gasteiger partial charge in [0.05, 0.1) is 23.8 Å². The smallest absolute Gasteiger partial charge is 0.416 e. The molecule has 5 nitrogen and oxygen atoms in total. The SMILES string of the molecule is COC(=O)c1ccc(CNC(=O)c2cc(-c3cc(F)cc(C(F)(F)F)c3)ccc2Oc2ccc(F)cc2)cc1. The molecule has 0 atom stereocenters. The van der Waals surface area contributed by atoms with E-state index in [1.165, 1.54) is 49.6 Å². The molecule has 0 unspecified atom stereocenters. The van der Waals surface area contributed by atoms with Crippen LogP contribution in [-0.2, 0) is 17.5 Å². The number of halogens is 5. The average molecular weight is 541 g/mol. The van der Waals surface area contributed by atoms with Gasteiger partial charge in [-0.25, -0.2) is 13.6 Å². The quantitative estimate of drug-likeness (QED) is 0.199. The minimum Gasteiger partial charge on any atom is -0.465 e. The van der Waals surface area contributed by atoms with Crippen LogP contribution in [-0.4, -0.2) is 19.0 Å². The van der Waals surface area contributed by atoms with Gasteiger partial charge in [-0.05, 0) is 83.4 Å². The summed E-state index contributed by atoms with van der Waals surface area (Å²) in [6.07, 6.45) is -4.77. The Hall–Kier alpha value is -4.73. The first-order valence-electron chi connectivity index (χ1n) is 11.4. The molecule has 10 heteroatoms. The van der Waals surface area contributed by atoms with Gasteiger partial charge in [0, 0.05) is 6.54 Å². The van der Waals surface area contributed by atoms with E-state index in [1.807, 2.05) is 0 Å². The van der Waals surface area contributed by atoms with Crippen LogP contribution in [0.4, 0.5) is 22.0 Å². The number of methoxy groups -OCH3 is 1. The zero-order chi connectivity index (χ0) is 28.2. The van der Waals surface area contributed by atoms with Crippen LogP contribution in [0.5, 0.6) is 11.5 Å². The van der Waals surface area contributed by atoms with Crippen LogP contribution in [0.2, 0.25) is 0 Å². The van der Waals surface area contributed by atoms with E-state index < -0.39 is 35.3 Å². The molecule has 0 bridgehead atoms. The molecule has 0 saturated carbocycles. The minimum atomic E-state index is -4.77. The van der Waals surface area contributed by atoms with Gasteiger partial charge in [-0.2, -0.15) is 13.2 Å². The molecule has 200 valence electrons. The van der Waals surface area contributed by atoms with E-state index in [9.17, 15) is 31.5 Å². The van der Waals surface area contributed by atoms with Gasteiger partial charge >= 0.3 is 12.1 Å². The molecule has 1 amide bonds. The number of alkyl halides is 3. The largest absolute Gasteiger partial charge is 0.465 e. The van der Waals surface area contributed by atoms with Gasteiger partial charge in [-0.15, -0.1) is 0 Å². The van der Waals surface area contributed by atoms with Crippen LogP contribution >= 0.6 is 0 Å². The summed E-state index contributed by atoms with van der Waals surface area (Å²) in [6.45, 7) is 0.0404. The van der Waals surface area contributed by atoms with E-state index in [1.54, 1.807) is 12.1 Å². The first-order valence-corrected chi connectivity index (χ1v) is 11.4. The molecular weight excluding hydrogens is 521 g/mol. The van der Waals surface area contributed by atoms with Crippen molar-refractivity contribution in [2.45, 2.75) is 12.7 Å². The summed E-state index contributed by atoms with van der Waals surface area (Å²) >= 11 is 0. The molecule has 0 spiro atoms. The summed E-state index contributed by atoms with van der Waals surface area (Å²) in [4.78, 5) is 24.8. The number of rotatable bonds is 7. The van der Waals surface area contributed by atoms with Crippen molar-refractivity contribution in [3.05, 3.63) is 119 Å². The number of amides is 1. The summed E-state index contributed by atoms with van der Waals surface area (Å²) in [5, 5.41) is 2.69. The molecule has 4 aromatic carbocycles. The van der Waals surface area contributed by atoms with Crippen molar-refractivity contribution < 1.29 is 41.0 Å². The van der Waals surface area contributed by atoms with Gasteiger partial charge < -0.3 is 14.8 Å². The van der Waals surface area contributed by atoms with E-state index >= 15 is 0 Å². The molecule has 0 heterocycles. The lowest BCUT2D eigenvalue weighted by molar-refractivity contribution is -0.137. The number of nitrogens with one attached hydrogen (secondary N) is 1. The molecule has 0 aliphatic rings. The predicted molar refractivity (Wildman–Crippen MR) is 132 cm³/mol. The van der Waals surface area contributed by atoms with Crippen LogP contribution in [0.1, 0.15) is 31.8 Å². The second-order valence-corrected chi connectivity index (χ2v) is 8.36. The third-order valence-electron chi connectivity index (χ3n) is 5.65. The first-order chi connectivity index (χ1) is 18.5. The van der Waals surface area contributed by atoms with Crippen LogP contribution < -0.4 is 10.1 Å². The molecule has 0 aliphatic heterocycles. The van der Waals surface area contributed by atoms with Crippen molar-refractivity contribution >= 4 is 11.9 Å². The minimum absolute atomic E-state index is 0.0383. The van der Waals surface area contributed by atoms with Crippen molar-refractivity contribution in [1.29, 1.82) is 0 Å². The Morgan fingerprint density at radius 1 is 0.795 bits per heavy atom. The summed E-state index contributed by atoms with van der Waals surface area (Å²) in [7, 11) is 1.25. The van der Waals surface area contributed by atoms with Gasteiger partial charge in [0.25, 0.3) is 5.91 Å². The zero-order valence-corrected chi connectivity index (χ0v) is 20.3. The predicted octanol–water partition coefficient (Wildman–Crippen LogP) is 7.16. The van der Waals surface area contributed by atoms with E-state index in [-0.39, 0.29) is 34.7 Å². The van der Waals surface area contributed by atoms with Gasteiger partial charge in [0.15, 0.2) is 0 Å². The lowest BCUT2D eigenvalue weighted by Gasteiger charge is -2.15. The van der Waals surface area contributed by atoms with Crippen LogP contribution in [0.15, 0.2) is 84.9 Å². The maximum absolute atomic E-state index is 14.0. The Morgan fingerprint density at radius 3 is 2.13 bits per heavy atom. The maximum atomic E-state index is 14.0. The van der Waals surface area contributed by atoms with Gasteiger partial charge in [-0.3, -0.25) is 4.79 Å². The van der Waals surface area contributed by atoms with Crippen molar-refractivity contribution in [2.75, 3.05) is 7.11 Å². The van der Waals surface area contributed by atoms with Crippen LogP contribution in [0, 0.1) is 11.6 Å². The third-order valence-corrected chi connectivity index (χ3v) is 5.65. The Labute approximate surface area is 219 Å². The molecule has 4 aromatic rings. The normalized spacial score (nSPS) is 11.1. The number of esters is 1. The molecule has 0 fully saturated rings. The molecule has 0 radical (unpaired) electrons. The Bertz CT molecular complexity index is 1500. The fourth-order valence-electron chi connectivity index (χ4n) is 3.68. The highest BCUT2D eigenvalue weighted by Gasteiger charge is 2.31. The van der Waals surface area contributed by atoms with E-state index in [0.29, 0.717) is 17.2 Å². The topological polar surface area (TPSA) is 64.6 Å². The van der Waals surface area contributed by atoms with Crippen molar-refractivity contribution in [1.82, 2.24) is 5.32 Å². The lowest BCUT2D eigenvalue weighted by Crippen LogP contribution is -2.23. The fourth-order valence-corrected chi connectivity index (χ4v) is 3.68. The first kappa shape index (κ1) is 27.3. The number of hydrogen-bond acceptors (Lipinski definition) is 4. The average Bonchev–Trinajstić information content (AvgIpc) is 2.92. The second-order valence-electron chi connectivity index (χ2n) is 8.36. The molecule has 4 rings (SSSR count). The van der Waals surface area contributed by atoms with Crippen LogP contribution in [0.25, 0.3) is 11.1 Å². The van der Waals surface area contributed by atoms with Crippen molar-refractivity contribution in [2.24, 2.45) is 0 Å². The number of hydrogen-bond donors (Lipinski definition) is 1. The number of carbonyl (C=O) groups is 2. The maximum Gasteiger partial charge on any atom is 0.416 e. The highest BCUT2D eigenvalue weighted by atomic mass is 19.4. The highest BCUT2D eigenvalue weighted by molar-refractivity contribution is 5.98.